The molecule has 0 bridgehead atoms. The van der Waals surface area contributed by atoms with Crippen molar-refractivity contribution >= 4 is 78.2 Å². The van der Waals surface area contributed by atoms with E-state index in [1.807, 2.05) is 24.3 Å². The van der Waals surface area contributed by atoms with E-state index < -0.39 is 0 Å². The average Bonchev–Trinajstić information content (AvgIpc) is 2.62. The van der Waals surface area contributed by atoms with Crippen molar-refractivity contribution in [3.63, 3.8) is 0 Å². The maximum atomic E-state index is 12.8. The average molecular weight is 650 g/mol. The summed E-state index contributed by atoms with van der Waals surface area (Å²) < 4.78 is 9.76. The van der Waals surface area contributed by atoms with E-state index in [0.29, 0.717) is 23.3 Å². The molecule has 27 heavy (non-hydrogen) atoms. The van der Waals surface area contributed by atoms with Crippen LogP contribution in [0.5, 0.6) is 5.75 Å². The monoisotopic (exact) mass is 649 g/mol. The van der Waals surface area contributed by atoms with E-state index in [1.54, 1.807) is 25.3 Å². The molecule has 5 nitrogen and oxygen atoms in total. The first-order valence-electron chi connectivity index (χ1n) is 7.86. The topological polar surface area (TPSA) is 56.5 Å². The summed E-state index contributed by atoms with van der Waals surface area (Å²) in [4.78, 5) is 17.3. The van der Waals surface area contributed by atoms with Crippen LogP contribution in [0.25, 0.3) is 10.9 Å². The van der Waals surface area contributed by atoms with Crippen molar-refractivity contribution in [2.24, 2.45) is 5.10 Å². The van der Waals surface area contributed by atoms with E-state index in [-0.39, 0.29) is 5.56 Å². The van der Waals surface area contributed by atoms with Gasteiger partial charge in [0.05, 0.1) is 24.3 Å². The van der Waals surface area contributed by atoms with Gasteiger partial charge in [0, 0.05) is 4.47 Å². The van der Waals surface area contributed by atoms with Gasteiger partial charge in [-0.15, -0.1) is 0 Å². The first-order chi connectivity index (χ1) is 12.9. The molecule has 0 N–H and O–H groups in total. The minimum atomic E-state index is -0.203. The van der Waals surface area contributed by atoms with Crippen LogP contribution in [0.15, 0.2) is 57.4 Å². The molecular weight excluding hydrogens is 636 g/mol. The molecule has 3 rings (SSSR count). The van der Waals surface area contributed by atoms with Gasteiger partial charge in [-0.3, -0.25) is 4.79 Å². The molecule has 1 aromatic heterocycles. The highest BCUT2D eigenvalue weighted by Gasteiger charge is 2.10. The van der Waals surface area contributed by atoms with Crippen LogP contribution in [-0.2, 0) is 0 Å². The number of hydrogen-bond donors (Lipinski definition) is 0. The summed E-state index contributed by atoms with van der Waals surface area (Å²) in [6.45, 7) is 5.88. The Labute approximate surface area is 191 Å². The second kappa shape index (κ2) is 8.82. The third-order valence-corrected chi connectivity index (χ3v) is 5.75. The lowest BCUT2D eigenvalue weighted by atomic mass is 10.2. The Morgan fingerprint density at radius 2 is 2.00 bits per heavy atom. The van der Waals surface area contributed by atoms with Crippen LogP contribution in [0.4, 0.5) is 0 Å². The van der Waals surface area contributed by atoms with E-state index in [0.717, 1.165) is 22.9 Å². The second-order valence-electron chi connectivity index (χ2n) is 5.60. The van der Waals surface area contributed by atoms with Crippen LogP contribution in [0, 0.1) is 14.1 Å². The number of benzene rings is 2. The van der Waals surface area contributed by atoms with E-state index >= 15 is 0 Å². The molecule has 0 aliphatic carbocycles. The van der Waals surface area contributed by atoms with Gasteiger partial charge >= 0.3 is 0 Å². The van der Waals surface area contributed by atoms with Crippen LogP contribution in [0.2, 0.25) is 0 Å². The summed E-state index contributed by atoms with van der Waals surface area (Å²) in [6.07, 6.45) is 3.36. The van der Waals surface area contributed by atoms with E-state index in [4.69, 9.17) is 4.74 Å². The third-order valence-electron chi connectivity index (χ3n) is 3.66. The Bertz CT molecular complexity index is 1100. The molecule has 0 fully saturated rings. The number of aryl methyl sites for hydroxylation is 1. The SMILES string of the molecule is C=CCOc1c(I)cc(C=Nn2c(C)nc3ccc(Br)cc3c2=O)cc1I. The van der Waals surface area contributed by atoms with E-state index in [2.05, 4.69) is 77.8 Å². The maximum Gasteiger partial charge on any atom is 0.282 e. The van der Waals surface area contributed by atoms with Gasteiger partial charge in [-0.2, -0.15) is 9.78 Å². The standard InChI is InChI=1S/C19H14BrI2N3O2/c1-3-6-27-18-15(21)7-12(8-16(18)22)10-23-25-11(2)24-17-5-4-13(20)9-14(17)19(25)26/h3-5,7-10H,1,6H2,2H3. The van der Waals surface area contributed by atoms with Crippen molar-refractivity contribution in [3.8, 4) is 5.75 Å². The molecule has 0 unspecified atom stereocenters. The quantitative estimate of drug-likeness (QED) is 0.219. The highest BCUT2D eigenvalue weighted by molar-refractivity contribution is 14.1. The number of hydrogen-bond acceptors (Lipinski definition) is 4. The molecule has 2 aromatic carbocycles. The Morgan fingerprint density at radius 1 is 1.30 bits per heavy atom. The minimum absolute atomic E-state index is 0.203. The van der Waals surface area contributed by atoms with Crippen molar-refractivity contribution < 1.29 is 4.74 Å². The van der Waals surface area contributed by atoms with Crippen molar-refractivity contribution in [2.45, 2.75) is 6.92 Å². The largest absolute Gasteiger partial charge is 0.487 e. The fourth-order valence-electron chi connectivity index (χ4n) is 2.45. The smallest absolute Gasteiger partial charge is 0.282 e. The molecule has 0 atom stereocenters. The van der Waals surface area contributed by atoms with Crippen molar-refractivity contribution in [2.75, 3.05) is 6.61 Å². The zero-order valence-corrected chi connectivity index (χ0v) is 20.1. The second-order valence-corrected chi connectivity index (χ2v) is 8.84. The fourth-order valence-corrected chi connectivity index (χ4v) is 4.94. The molecular formula is C19H14BrI2N3O2. The molecule has 0 spiro atoms. The zero-order chi connectivity index (χ0) is 19.6. The predicted octanol–water partition coefficient (Wildman–Crippen LogP) is 5.12. The summed E-state index contributed by atoms with van der Waals surface area (Å²) in [5, 5.41) is 4.89. The number of nitrogens with zero attached hydrogens (tertiary/aromatic N) is 3. The van der Waals surface area contributed by atoms with E-state index in [9.17, 15) is 4.79 Å². The number of halogens is 3. The summed E-state index contributed by atoms with van der Waals surface area (Å²) in [5.74, 6) is 1.35. The molecule has 138 valence electrons. The van der Waals surface area contributed by atoms with Crippen molar-refractivity contribution in [1.82, 2.24) is 9.66 Å². The molecule has 0 saturated heterocycles. The third kappa shape index (κ3) is 4.60. The lowest BCUT2D eigenvalue weighted by Gasteiger charge is -2.10. The van der Waals surface area contributed by atoms with Gasteiger partial charge in [-0.25, -0.2) is 4.98 Å². The van der Waals surface area contributed by atoms with Gasteiger partial charge in [-0.05, 0) is 88.0 Å². The lowest BCUT2D eigenvalue weighted by Crippen LogP contribution is -2.20. The first-order valence-corrected chi connectivity index (χ1v) is 10.8. The highest BCUT2D eigenvalue weighted by atomic mass is 127. The van der Waals surface area contributed by atoms with Crippen LogP contribution >= 0.6 is 61.1 Å². The Kier molecular flexibility index (Phi) is 6.69. The molecule has 0 amide bonds. The molecule has 3 aromatic rings. The van der Waals surface area contributed by atoms with Gasteiger partial charge in [-0.1, -0.05) is 28.6 Å². The number of fused-ring (bicyclic) bond motifs is 1. The number of rotatable bonds is 5. The summed E-state index contributed by atoms with van der Waals surface area (Å²) in [6, 6.07) is 9.34. The first kappa shape index (κ1) is 20.5. The van der Waals surface area contributed by atoms with Gasteiger partial charge in [0.25, 0.3) is 5.56 Å². The molecule has 8 heteroatoms. The van der Waals surface area contributed by atoms with Crippen LogP contribution < -0.4 is 10.3 Å². The summed E-state index contributed by atoms with van der Waals surface area (Å²) >= 11 is 7.84. The van der Waals surface area contributed by atoms with Gasteiger partial charge in [0.2, 0.25) is 0 Å². The summed E-state index contributed by atoms with van der Waals surface area (Å²) in [7, 11) is 0. The molecule has 0 saturated carbocycles. The van der Waals surface area contributed by atoms with Gasteiger partial charge in [0.1, 0.15) is 18.2 Å². The van der Waals surface area contributed by atoms with Crippen LogP contribution in [0.1, 0.15) is 11.4 Å². The maximum absolute atomic E-state index is 12.8. The van der Waals surface area contributed by atoms with Crippen LogP contribution in [0.3, 0.4) is 0 Å². The Hall–Kier alpha value is -1.27. The van der Waals surface area contributed by atoms with E-state index in [1.165, 1.54) is 4.68 Å². The van der Waals surface area contributed by atoms with Gasteiger partial charge in [0.15, 0.2) is 0 Å². The normalized spacial score (nSPS) is 11.3. The lowest BCUT2D eigenvalue weighted by molar-refractivity contribution is 0.358. The van der Waals surface area contributed by atoms with Gasteiger partial charge < -0.3 is 4.74 Å². The van der Waals surface area contributed by atoms with Crippen molar-refractivity contribution in [1.29, 1.82) is 0 Å². The Morgan fingerprint density at radius 3 is 2.67 bits per heavy atom. The summed E-state index contributed by atoms with van der Waals surface area (Å²) in [5.41, 5.74) is 1.32. The minimum Gasteiger partial charge on any atom is -0.487 e. The predicted molar refractivity (Wildman–Crippen MR) is 129 cm³/mol. The van der Waals surface area contributed by atoms with Crippen LogP contribution in [-0.4, -0.2) is 22.5 Å². The molecule has 0 radical (unpaired) electrons. The highest BCUT2D eigenvalue weighted by Crippen LogP contribution is 2.28. The Balaban J connectivity index is 2.01. The zero-order valence-electron chi connectivity index (χ0n) is 14.2. The van der Waals surface area contributed by atoms with Crippen molar-refractivity contribution in [3.05, 3.63) is 76.3 Å². The number of aromatic nitrogens is 2. The molecule has 1 heterocycles. The number of ether oxygens (including phenoxy) is 1. The fraction of sp³-hybridized carbons (Fsp3) is 0.105. The molecule has 0 aliphatic rings. The molecule has 0 aliphatic heterocycles.